The average molecular weight is 301 g/mol. The van der Waals surface area contributed by atoms with Crippen LogP contribution < -0.4 is 14.8 Å². The molecule has 0 aromatic heterocycles. The standard InChI is InChI=1S/C14H23NO4S/c1-5-15-13(10-20(16,17)6-2)12-8-7-11(18-3)9-14(12)19-4/h7-9,13,15H,5-6,10H2,1-4H3. The molecule has 0 fully saturated rings. The molecule has 1 unspecified atom stereocenters. The minimum absolute atomic E-state index is 0.0556. The molecule has 0 saturated heterocycles. The van der Waals surface area contributed by atoms with Gasteiger partial charge in [0.05, 0.1) is 20.0 Å². The molecule has 0 spiro atoms. The molecule has 0 amide bonds. The predicted octanol–water partition coefficient (Wildman–Crippen LogP) is 1.79. The Morgan fingerprint density at radius 2 is 1.90 bits per heavy atom. The molecule has 20 heavy (non-hydrogen) atoms. The van der Waals surface area contributed by atoms with Crippen molar-refractivity contribution in [3.63, 3.8) is 0 Å². The quantitative estimate of drug-likeness (QED) is 0.793. The summed E-state index contributed by atoms with van der Waals surface area (Å²) in [6.07, 6.45) is 0. The van der Waals surface area contributed by atoms with E-state index in [9.17, 15) is 8.42 Å². The van der Waals surface area contributed by atoms with E-state index < -0.39 is 9.84 Å². The normalized spacial score (nSPS) is 13.0. The number of hydrogen-bond donors (Lipinski definition) is 1. The van der Waals surface area contributed by atoms with Gasteiger partial charge in [-0.25, -0.2) is 8.42 Å². The highest BCUT2D eigenvalue weighted by molar-refractivity contribution is 7.91. The number of rotatable bonds is 8. The Bertz CT molecular complexity index is 528. The first-order valence-electron chi connectivity index (χ1n) is 6.63. The van der Waals surface area contributed by atoms with Gasteiger partial charge < -0.3 is 14.8 Å². The zero-order chi connectivity index (χ0) is 15.2. The molecule has 0 radical (unpaired) electrons. The molecule has 6 heteroatoms. The summed E-state index contributed by atoms with van der Waals surface area (Å²) in [6, 6.07) is 5.13. The van der Waals surface area contributed by atoms with Gasteiger partial charge in [-0.2, -0.15) is 0 Å². The van der Waals surface area contributed by atoms with Crippen LogP contribution in [0, 0.1) is 0 Å². The van der Waals surface area contributed by atoms with Crippen LogP contribution in [0.3, 0.4) is 0 Å². The molecule has 5 nitrogen and oxygen atoms in total. The number of sulfone groups is 1. The lowest BCUT2D eigenvalue weighted by Crippen LogP contribution is -2.29. The number of methoxy groups -OCH3 is 2. The lowest BCUT2D eigenvalue weighted by atomic mass is 10.1. The average Bonchev–Trinajstić information content (AvgIpc) is 2.46. The fraction of sp³-hybridized carbons (Fsp3) is 0.571. The van der Waals surface area contributed by atoms with Crippen molar-refractivity contribution in [2.24, 2.45) is 0 Å². The Morgan fingerprint density at radius 3 is 2.40 bits per heavy atom. The molecule has 0 heterocycles. The van der Waals surface area contributed by atoms with Gasteiger partial charge in [0.15, 0.2) is 9.84 Å². The number of ether oxygens (including phenoxy) is 2. The van der Waals surface area contributed by atoms with E-state index in [-0.39, 0.29) is 17.5 Å². The molecule has 1 atom stereocenters. The van der Waals surface area contributed by atoms with Gasteiger partial charge in [-0.3, -0.25) is 0 Å². The van der Waals surface area contributed by atoms with Crippen molar-refractivity contribution in [1.29, 1.82) is 0 Å². The van der Waals surface area contributed by atoms with E-state index in [0.29, 0.717) is 18.0 Å². The minimum atomic E-state index is -3.08. The van der Waals surface area contributed by atoms with Gasteiger partial charge in [0.25, 0.3) is 0 Å². The first-order valence-corrected chi connectivity index (χ1v) is 8.45. The van der Waals surface area contributed by atoms with Gasteiger partial charge in [0.2, 0.25) is 0 Å². The van der Waals surface area contributed by atoms with E-state index in [1.807, 2.05) is 13.0 Å². The molecule has 1 rings (SSSR count). The maximum atomic E-state index is 11.9. The molecule has 1 aromatic carbocycles. The van der Waals surface area contributed by atoms with Gasteiger partial charge >= 0.3 is 0 Å². The van der Waals surface area contributed by atoms with Crippen molar-refractivity contribution in [2.75, 3.05) is 32.3 Å². The number of hydrogen-bond acceptors (Lipinski definition) is 5. The second-order valence-electron chi connectivity index (χ2n) is 4.42. The summed E-state index contributed by atoms with van der Waals surface area (Å²) in [7, 11) is 0.0672. The smallest absolute Gasteiger partial charge is 0.151 e. The highest BCUT2D eigenvalue weighted by Crippen LogP contribution is 2.30. The third-order valence-corrected chi connectivity index (χ3v) is 4.85. The van der Waals surface area contributed by atoms with Crippen LogP contribution in [0.4, 0.5) is 0 Å². The Labute approximate surface area is 121 Å². The van der Waals surface area contributed by atoms with Crippen LogP contribution in [-0.2, 0) is 9.84 Å². The summed E-state index contributed by atoms with van der Waals surface area (Å²) in [4.78, 5) is 0. The SMILES string of the molecule is CCNC(CS(=O)(=O)CC)c1ccc(OC)cc1OC. The fourth-order valence-corrected chi connectivity index (χ4v) is 3.02. The van der Waals surface area contributed by atoms with Crippen molar-refractivity contribution in [3.05, 3.63) is 23.8 Å². The van der Waals surface area contributed by atoms with Crippen LogP contribution >= 0.6 is 0 Å². The second-order valence-corrected chi connectivity index (χ2v) is 6.81. The lowest BCUT2D eigenvalue weighted by molar-refractivity contribution is 0.386. The van der Waals surface area contributed by atoms with E-state index in [1.54, 1.807) is 33.3 Å². The molecule has 1 aromatic rings. The van der Waals surface area contributed by atoms with Crippen molar-refractivity contribution < 1.29 is 17.9 Å². The van der Waals surface area contributed by atoms with E-state index in [1.165, 1.54) is 0 Å². The van der Waals surface area contributed by atoms with Crippen molar-refractivity contribution >= 4 is 9.84 Å². The molecule has 0 saturated carbocycles. The van der Waals surface area contributed by atoms with E-state index >= 15 is 0 Å². The highest BCUT2D eigenvalue weighted by Gasteiger charge is 2.22. The van der Waals surface area contributed by atoms with Gasteiger partial charge in [0, 0.05) is 23.4 Å². The third-order valence-electron chi connectivity index (χ3n) is 3.13. The molecular weight excluding hydrogens is 278 g/mol. The first kappa shape index (κ1) is 16.8. The summed E-state index contributed by atoms with van der Waals surface area (Å²) in [6.45, 7) is 4.28. The summed E-state index contributed by atoms with van der Waals surface area (Å²) >= 11 is 0. The second kappa shape index (κ2) is 7.50. The van der Waals surface area contributed by atoms with E-state index in [2.05, 4.69) is 5.32 Å². The molecule has 114 valence electrons. The van der Waals surface area contributed by atoms with Gasteiger partial charge in [-0.1, -0.05) is 19.9 Å². The third kappa shape index (κ3) is 4.38. The van der Waals surface area contributed by atoms with Crippen LogP contribution in [0.5, 0.6) is 11.5 Å². The van der Waals surface area contributed by atoms with E-state index in [4.69, 9.17) is 9.47 Å². The Kier molecular flexibility index (Phi) is 6.29. The summed E-state index contributed by atoms with van der Waals surface area (Å²) < 4.78 is 34.3. The zero-order valence-corrected chi connectivity index (χ0v) is 13.3. The van der Waals surface area contributed by atoms with E-state index in [0.717, 1.165) is 5.56 Å². The molecule has 1 N–H and O–H groups in total. The van der Waals surface area contributed by atoms with Crippen LogP contribution in [0.25, 0.3) is 0 Å². The Morgan fingerprint density at radius 1 is 1.20 bits per heavy atom. The van der Waals surface area contributed by atoms with Crippen LogP contribution in [0.15, 0.2) is 18.2 Å². The maximum Gasteiger partial charge on any atom is 0.151 e. The van der Waals surface area contributed by atoms with Crippen molar-refractivity contribution in [3.8, 4) is 11.5 Å². The molecule has 0 aliphatic rings. The lowest BCUT2D eigenvalue weighted by Gasteiger charge is -2.21. The van der Waals surface area contributed by atoms with Crippen LogP contribution in [0.2, 0.25) is 0 Å². The van der Waals surface area contributed by atoms with Crippen LogP contribution in [0.1, 0.15) is 25.5 Å². The molecular formula is C14H23NO4S. The topological polar surface area (TPSA) is 64.6 Å². The minimum Gasteiger partial charge on any atom is -0.497 e. The zero-order valence-electron chi connectivity index (χ0n) is 12.5. The molecule has 0 bridgehead atoms. The summed E-state index contributed by atoms with van der Waals surface area (Å²) in [5.41, 5.74) is 0.826. The summed E-state index contributed by atoms with van der Waals surface area (Å²) in [5.74, 6) is 1.49. The largest absolute Gasteiger partial charge is 0.497 e. The number of benzene rings is 1. The maximum absolute atomic E-state index is 11.9. The molecule has 0 aliphatic heterocycles. The molecule has 0 aliphatic carbocycles. The monoisotopic (exact) mass is 301 g/mol. The van der Waals surface area contributed by atoms with Crippen LogP contribution in [-0.4, -0.2) is 40.7 Å². The predicted molar refractivity (Wildman–Crippen MR) is 80.3 cm³/mol. The summed E-state index contributed by atoms with van der Waals surface area (Å²) in [5, 5.41) is 3.20. The van der Waals surface area contributed by atoms with Crippen molar-refractivity contribution in [1.82, 2.24) is 5.32 Å². The number of nitrogens with one attached hydrogen (secondary N) is 1. The fourth-order valence-electron chi connectivity index (χ4n) is 1.98. The Balaban J connectivity index is 3.14. The first-order chi connectivity index (χ1) is 9.47. The van der Waals surface area contributed by atoms with Crippen molar-refractivity contribution in [2.45, 2.75) is 19.9 Å². The van der Waals surface area contributed by atoms with Gasteiger partial charge in [-0.05, 0) is 12.6 Å². The highest BCUT2D eigenvalue weighted by atomic mass is 32.2. The van der Waals surface area contributed by atoms with Gasteiger partial charge in [-0.15, -0.1) is 0 Å². The van der Waals surface area contributed by atoms with Gasteiger partial charge in [0.1, 0.15) is 11.5 Å². The Hall–Kier alpha value is -1.27.